The molecule has 0 saturated heterocycles. The number of carbonyl (C=O) groups is 1. The van der Waals surface area contributed by atoms with Crippen LogP contribution in [-0.4, -0.2) is 20.7 Å². The molecule has 104 valence electrons. The third-order valence-corrected chi connectivity index (χ3v) is 3.53. The van der Waals surface area contributed by atoms with Gasteiger partial charge in [0.15, 0.2) is 0 Å². The number of thiocarbonyl (C=S) groups is 1. The molecule has 0 bridgehead atoms. The second-order valence-electron chi connectivity index (χ2n) is 4.28. The molecular formula is C13H13ClN4OS. The first-order valence-corrected chi connectivity index (χ1v) is 6.58. The molecule has 0 radical (unpaired) electrons. The van der Waals surface area contributed by atoms with Gasteiger partial charge in [-0.25, -0.2) is 0 Å². The number of nitrogens with zero attached hydrogens (tertiary/aromatic N) is 2. The molecule has 2 rings (SSSR count). The maximum atomic E-state index is 12.1. The van der Waals surface area contributed by atoms with Crippen molar-refractivity contribution in [3.63, 3.8) is 0 Å². The Morgan fingerprint density at radius 2 is 2.20 bits per heavy atom. The summed E-state index contributed by atoms with van der Waals surface area (Å²) in [5, 5.41) is 7.15. The van der Waals surface area contributed by atoms with E-state index in [2.05, 4.69) is 10.4 Å². The molecular weight excluding hydrogens is 296 g/mol. The molecule has 0 aliphatic rings. The van der Waals surface area contributed by atoms with Gasteiger partial charge in [0.1, 0.15) is 4.99 Å². The van der Waals surface area contributed by atoms with Gasteiger partial charge in [-0.05, 0) is 25.1 Å². The van der Waals surface area contributed by atoms with Crippen LogP contribution in [0.3, 0.4) is 0 Å². The van der Waals surface area contributed by atoms with Gasteiger partial charge in [0.05, 0.1) is 22.5 Å². The number of hydrogen-bond donors (Lipinski definition) is 2. The average Bonchev–Trinajstić information content (AvgIpc) is 2.72. The van der Waals surface area contributed by atoms with Crippen LogP contribution in [0.4, 0.5) is 5.69 Å². The van der Waals surface area contributed by atoms with Crippen molar-refractivity contribution in [1.29, 1.82) is 0 Å². The van der Waals surface area contributed by atoms with Crippen molar-refractivity contribution in [3.05, 3.63) is 46.2 Å². The van der Waals surface area contributed by atoms with Crippen LogP contribution in [-0.2, 0) is 7.05 Å². The van der Waals surface area contributed by atoms with E-state index in [9.17, 15) is 4.79 Å². The number of aromatic nitrogens is 2. The summed E-state index contributed by atoms with van der Waals surface area (Å²) in [4.78, 5) is 12.4. The second-order valence-corrected chi connectivity index (χ2v) is 5.13. The highest BCUT2D eigenvalue weighted by atomic mass is 35.5. The van der Waals surface area contributed by atoms with E-state index in [0.29, 0.717) is 21.8 Å². The van der Waals surface area contributed by atoms with Crippen LogP contribution in [0.2, 0.25) is 5.02 Å². The van der Waals surface area contributed by atoms with Crippen molar-refractivity contribution >= 4 is 40.4 Å². The van der Waals surface area contributed by atoms with E-state index in [0.717, 1.165) is 5.69 Å². The number of carbonyl (C=O) groups excluding carboxylic acids is 1. The Morgan fingerprint density at radius 3 is 2.70 bits per heavy atom. The first kappa shape index (κ1) is 14.5. The van der Waals surface area contributed by atoms with E-state index in [1.807, 2.05) is 6.92 Å². The molecule has 7 heteroatoms. The van der Waals surface area contributed by atoms with Crippen LogP contribution in [0, 0.1) is 6.92 Å². The van der Waals surface area contributed by atoms with Crippen LogP contribution in [0.15, 0.2) is 24.4 Å². The summed E-state index contributed by atoms with van der Waals surface area (Å²) in [7, 11) is 1.77. The van der Waals surface area contributed by atoms with Crippen LogP contribution in [0.5, 0.6) is 0 Å². The zero-order valence-electron chi connectivity index (χ0n) is 11.0. The fourth-order valence-corrected chi connectivity index (χ4v) is 2.04. The molecule has 1 heterocycles. The monoisotopic (exact) mass is 308 g/mol. The maximum absolute atomic E-state index is 12.1. The third-order valence-electron chi connectivity index (χ3n) is 2.98. The minimum absolute atomic E-state index is 0.257. The number of hydrogen-bond acceptors (Lipinski definition) is 3. The van der Waals surface area contributed by atoms with Gasteiger partial charge in [-0.2, -0.15) is 5.10 Å². The zero-order chi connectivity index (χ0) is 14.9. The molecule has 0 atom stereocenters. The van der Waals surface area contributed by atoms with Crippen molar-refractivity contribution in [2.75, 3.05) is 5.32 Å². The van der Waals surface area contributed by atoms with E-state index < -0.39 is 0 Å². The largest absolute Gasteiger partial charge is 0.389 e. The molecule has 3 N–H and O–H groups in total. The third kappa shape index (κ3) is 2.81. The molecule has 0 fully saturated rings. The number of anilines is 1. The molecule has 0 unspecified atom stereocenters. The summed E-state index contributed by atoms with van der Waals surface area (Å²) in [6.45, 7) is 1.82. The molecule has 20 heavy (non-hydrogen) atoms. The number of halogens is 1. The lowest BCUT2D eigenvalue weighted by molar-refractivity contribution is 0.102. The number of benzene rings is 1. The van der Waals surface area contributed by atoms with E-state index in [1.165, 1.54) is 6.20 Å². The molecule has 0 aliphatic heterocycles. The predicted octanol–water partition coefficient (Wildman–Crippen LogP) is 2.27. The molecule has 1 aromatic heterocycles. The minimum atomic E-state index is -0.263. The quantitative estimate of drug-likeness (QED) is 0.853. The molecule has 5 nitrogen and oxygen atoms in total. The SMILES string of the molecule is Cc1c(C(=O)Nc2ccc(C(N)=S)cc2Cl)cnn1C. The van der Waals surface area contributed by atoms with Crippen molar-refractivity contribution in [1.82, 2.24) is 9.78 Å². The lowest BCUT2D eigenvalue weighted by atomic mass is 10.2. The molecule has 1 aromatic carbocycles. The standard InChI is InChI=1S/C13H13ClN4OS/c1-7-9(6-16-18(7)2)13(19)17-11-4-3-8(12(15)20)5-10(11)14/h3-6H,1-2H3,(H2,15,20)(H,17,19). The summed E-state index contributed by atoms with van der Waals surface area (Å²) in [6, 6.07) is 5.00. The number of amides is 1. The highest BCUT2D eigenvalue weighted by Gasteiger charge is 2.14. The van der Waals surface area contributed by atoms with E-state index in [1.54, 1.807) is 29.9 Å². The number of aryl methyl sites for hydroxylation is 1. The second kappa shape index (κ2) is 5.60. The van der Waals surface area contributed by atoms with Crippen LogP contribution in [0.1, 0.15) is 21.6 Å². The highest BCUT2D eigenvalue weighted by Crippen LogP contribution is 2.24. The van der Waals surface area contributed by atoms with Gasteiger partial charge < -0.3 is 11.1 Å². The Bertz CT molecular complexity index is 696. The molecule has 0 saturated carbocycles. The average molecular weight is 309 g/mol. The van der Waals surface area contributed by atoms with Crippen LogP contribution < -0.4 is 11.1 Å². The molecule has 1 amide bonds. The Hall–Kier alpha value is -1.92. The fraction of sp³-hybridized carbons (Fsp3) is 0.154. The number of rotatable bonds is 3. The maximum Gasteiger partial charge on any atom is 0.259 e. The van der Waals surface area contributed by atoms with Gasteiger partial charge in [0.2, 0.25) is 0 Å². The lowest BCUT2D eigenvalue weighted by Gasteiger charge is -2.08. The fourth-order valence-electron chi connectivity index (χ4n) is 1.68. The molecule has 2 aromatic rings. The van der Waals surface area contributed by atoms with Crippen molar-refractivity contribution in [2.45, 2.75) is 6.92 Å². The van der Waals surface area contributed by atoms with Crippen LogP contribution >= 0.6 is 23.8 Å². The minimum Gasteiger partial charge on any atom is -0.389 e. The smallest absolute Gasteiger partial charge is 0.259 e. The van der Waals surface area contributed by atoms with Gasteiger partial charge in [-0.1, -0.05) is 23.8 Å². The van der Waals surface area contributed by atoms with Crippen molar-refractivity contribution in [2.24, 2.45) is 12.8 Å². The van der Waals surface area contributed by atoms with Crippen LogP contribution in [0.25, 0.3) is 0 Å². The van der Waals surface area contributed by atoms with Gasteiger partial charge in [-0.15, -0.1) is 0 Å². The van der Waals surface area contributed by atoms with E-state index in [-0.39, 0.29) is 10.9 Å². The molecule has 0 aliphatic carbocycles. The summed E-state index contributed by atoms with van der Waals surface area (Å²) >= 11 is 11.0. The summed E-state index contributed by atoms with van der Waals surface area (Å²) in [6.07, 6.45) is 1.52. The lowest BCUT2D eigenvalue weighted by Crippen LogP contribution is -2.14. The Morgan fingerprint density at radius 1 is 1.50 bits per heavy atom. The van der Waals surface area contributed by atoms with Gasteiger partial charge in [0, 0.05) is 18.3 Å². The zero-order valence-corrected chi connectivity index (χ0v) is 12.5. The summed E-state index contributed by atoms with van der Waals surface area (Å²) < 4.78 is 1.63. The number of nitrogens with one attached hydrogen (secondary N) is 1. The Labute approximate surface area is 126 Å². The summed E-state index contributed by atoms with van der Waals surface area (Å²) in [5.74, 6) is -0.263. The first-order valence-electron chi connectivity index (χ1n) is 5.79. The van der Waals surface area contributed by atoms with Gasteiger partial charge in [-0.3, -0.25) is 9.48 Å². The van der Waals surface area contributed by atoms with E-state index in [4.69, 9.17) is 29.6 Å². The first-order chi connectivity index (χ1) is 9.40. The highest BCUT2D eigenvalue weighted by molar-refractivity contribution is 7.80. The Kier molecular flexibility index (Phi) is 4.06. The molecule has 0 spiro atoms. The van der Waals surface area contributed by atoms with E-state index >= 15 is 0 Å². The topological polar surface area (TPSA) is 72.9 Å². The van der Waals surface area contributed by atoms with Crippen molar-refractivity contribution in [3.8, 4) is 0 Å². The Balaban J connectivity index is 2.24. The number of nitrogens with two attached hydrogens (primary N) is 1. The van der Waals surface area contributed by atoms with Gasteiger partial charge in [0.25, 0.3) is 5.91 Å². The normalized spacial score (nSPS) is 10.3. The predicted molar refractivity (Wildman–Crippen MR) is 83.2 cm³/mol. The summed E-state index contributed by atoms with van der Waals surface area (Å²) in [5.41, 5.74) is 7.95. The van der Waals surface area contributed by atoms with Crippen molar-refractivity contribution < 1.29 is 4.79 Å². The van der Waals surface area contributed by atoms with Gasteiger partial charge >= 0.3 is 0 Å².